The van der Waals surface area contributed by atoms with Crippen LogP contribution in [-0.2, 0) is 23.5 Å². The number of hydrogen-bond donors (Lipinski definition) is 1. The van der Waals surface area contributed by atoms with Crippen LogP contribution >= 0.6 is 27.5 Å². The first kappa shape index (κ1) is 16.5. The smallest absolute Gasteiger partial charge is 0.255 e. The average molecular weight is 393 g/mol. The fraction of sp³-hybridized carbons (Fsp3) is 0.308. The van der Waals surface area contributed by atoms with Crippen LogP contribution in [0.4, 0.5) is 0 Å². The van der Waals surface area contributed by atoms with Gasteiger partial charge in [0.1, 0.15) is 0 Å². The van der Waals surface area contributed by atoms with Crippen molar-refractivity contribution in [3.8, 4) is 0 Å². The lowest BCUT2D eigenvalue weighted by Crippen LogP contribution is -2.38. The highest BCUT2D eigenvalue weighted by Crippen LogP contribution is 2.20. The van der Waals surface area contributed by atoms with E-state index in [1.54, 1.807) is 7.05 Å². The first-order valence-corrected chi connectivity index (χ1v) is 9.22. The maximum absolute atomic E-state index is 12.4. The lowest BCUT2D eigenvalue weighted by atomic mass is 10.1. The molecule has 21 heavy (non-hydrogen) atoms. The zero-order chi connectivity index (χ0) is 15.5. The van der Waals surface area contributed by atoms with Crippen LogP contribution in [0.15, 0.2) is 41.6 Å². The summed E-state index contributed by atoms with van der Waals surface area (Å²) in [5, 5.41) is 4.43. The highest BCUT2D eigenvalue weighted by Gasteiger charge is 2.25. The molecule has 2 rings (SSSR count). The van der Waals surface area contributed by atoms with Gasteiger partial charge in [0.2, 0.25) is 0 Å². The quantitative estimate of drug-likeness (QED) is 0.768. The van der Waals surface area contributed by atoms with E-state index >= 15 is 0 Å². The number of alkyl halides is 1. The van der Waals surface area contributed by atoms with Crippen LogP contribution in [0.5, 0.6) is 0 Å². The van der Waals surface area contributed by atoms with Crippen LogP contribution in [0.25, 0.3) is 0 Å². The number of aryl methyl sites for hydroxylation is 1. The Morgan fingerprint density at radius 3 is 2.57 bits per heavy atom. The number of hydrogen-bond acceptors (Lipinski definition) is 3. The van der Waals surface area contributed by atoms with Crippen LogP contribution in [0.2, 0.25) is 5.02 Å². The molecule has 0 saturated heterocycles. The second-order valence-corrected chi connectivity index (χ2v) is 7.27. The van der Waals surface area contributed by atoms with Gasteiger partial charge in [0, 0.05) is 18.4 Å². The Hall–Kier alpha value is -0.890. The van der Waals surface area contributed by atoms with Crippen molar-refractivity contribution < 1.29 is 8.42 Å². The zero-order valence-electron chi connectivity index (χ0n) is 11.3. The Labute approximate surface area is 137 Å². The lowest BCUT2D eigenvalue weighted by molar-refractivity contribution is 0.546. The third-order valence-electron chi connectivity index (χ3n) is 2.93. The molecule has 0 saturated carbocycles. The molecule has 1 N–H and O–H groups in total. The second kappa shape index (κ2) is 6.91. The van der Waals surface area contributed by atoms with E-state index in [4.69, 9.17) is 11.6 Å². The third kappa shape index (κ3) is 4.06. The number of aromatic nitrogens is 2. The zero-order valence-corrected chi connectivity index (χ0v) is 14.5. The van der Waals surface area contributed by atoms with E-state index in [0.717, 1.165) is 5.56 Å². The molecule has 1 heterocycles. The summed E-state index contributed by atoms with van der Waals surface area (Å²) in [5.41, 5.74) is 1.06. The Bertz CT molecular complexity index is 684. The molecule has 114 valence electrons. The molecule has 1 unspecified atom stereocenters. The monoisotopic (exact) mass is 391 g/mol. The summed E-state index contributed by atoms with van der Waals surface area (Å²) in [5.74, 6) is 0. The van der Waals surface area contributed by atoms with Gasteiger partial charge in [-0.25, -0.2) is 13.1 Å². The molecule has 0 bridgehead atoms. The molecule has 0 fully saturated rings. The molecular weight excluding hydrogens is 378 g/mol. The summed E-state index contributed by atoms with van der Waals surface area (Å²) < 4.78 is 28.7. The molecule has 0 aliphatic rings. The minimum absolute atomic E-state index is 0.0248. The van der Waals surface area contributed by atoms with Gasteiger partial charge in [-0.1, -0.05) is 57.9 Å². The van der Waals surface area contributed by atoms with Crippen LogP contribution in [0.1, 0.15) is 5.56 Å². The molecule has 0 amide bonds. The molecule has 2 aromatic rings. The summed E-state index contributed by atoms with van der Waals surface area (Å²) in [6.07, 6.45) is 1.90. The average Bonchev–Trinajstić information content (AvgIpc) is 2.79. The number of nitrogens with zero attached hydrogens (tertiary/aromatic N) is 2. The van der Waals surface area contributed by atoms with Crippen molar-refractivity contribution in [2.75, 3.05) is 5.33 Å². The molecule has 0 aliphatic heterocycles. The van der Waals surface area contributed by atoms with Crippen molar-refractivity contribution in [3.63, 3.8) is 0 Å². The molecule has 1 atom stereocenters. The first-order chi connectivity index (χ1) is 9.94. The highest BCUT2D eigenvalue weighted by atomic mass is 79.9. The van der Waals surface area contributed by atoms with E-state index in [1.807, 2.05) is 30.3 Å². The summed E-state index contributed by atoms with van der Waals surface area (Å²) in [4.78, 5) is 0. The largest absolute Gasteiger partial charge is 0.259 e. The molecule has 1 aromatic carbocycles. The maximum atomic E-state index is 12.4. The van der Waals surface area contributed by atoms with Gasteiger partial charge >= 0.3 is 0 Å². The predicted molar refractivity (Wildman–Crippen MR) is 86.3 cm³/mol. The van der Waals surface area contributed by atoms with Gasteiger partial charge < -0.3 is 0 Å². The number of sulfonamides is 1. The Morgan fingerprint density at radius 1 is 1.38 bits per heavy atom. The van der Waals surface area contributed by atoms with Gasteiger partial charge in [0.05, 0.1) is 11.2 Å². The van der Waals surface area contributed by atoms with E-state index < -0.39 is 10.0 Å². The van der Waals surface area contributed by atoms with E-state index in [-0.39, 0.29) is 16.1 Å². The van der Waals surface area contributed by atoms with Gasteiger partial charge in [0.15, 0.2) is 5.03 Å². The topological polar surface area (TPSA) is 64.0 Å². The van der Waals surface area contributed by atoms with Crippen LogP contribution in [-0.4, -0.2) is 29.6 Å². The van der Waals surface area contributed by atoms with Gasteiger partial charge in [-0.15, -0.1) is 0 Å². The van der Waals surface area contributed by atoms with E-state index in [2.05, 4.69) is 25.8 Å². The van der Waals surface area contributed by atoms with Crippen molar-refractivity contribution in [2.24, 2.45) is 7.05 Å². The third-order valence-corrected chi connectivity index (χ3v) is 5.74. The predicted octanol–water partition coefficient (Wildman–Crippen LogP) is 2.36. The first-order valence-electron chi connectivity index (χ1n) is 6.23. The molecule has 8 heteroatoms. The van der Waals surface area contributed by atoms with Gasteiger partial charge in [0.25, 0.3) is 10.0 Å². The number of nitrogens with one attached hydrogen (secondary N) is 1. The minimum atomic E-state index is -3.72. The van der Waals surface area contributed by atoms with Gasteiger partial charge in [-0.3, -0.25) is 4.68 Å². The van der Waals surface area contributed by atoms with Crippen LogP contribution in [0, 0.1) is 0 Å². The fourth-order valence-electron chi connectivity index (χ4n) is 2.00. The number of halogens is 2. The lowest BCUT2D eigenvalue weighted by Gasteiger charge is -2.16. The van der Waals surface area contributed by atoms with E-state index in [0.29, 0.717) is 11.8 Å². The highest BCUT2D eigenvalue weighted by molar-refractivity contribution is 9.09. The van der Waals surface area contributed by atoms with Crippen molar-refractivity contribution in [1.29, 1.82) is 0 Å². The van der Waals surface area contributed by atoms with Gasteiger partial charge in [-0.05, 0) is 12.0 Å². The second-order valence-electron chi connectivity index (χ2n) is 4.58. The Balaban J connectivity index is 2.18. The summed E-state index contributed by atoms with van der Waals surface area (Å²) >= 11 is 9.25. The van der Waals surface area contributed by atoms with Crippen LogP contribution < -0.4 is 4.72 Å². The van der Waals surface area contributed by atoms with E-state index in [1.165, 1.54) is 10.9 Å². The van der Waals surface area contributed by atoms with Crippen molar-refractivity contribution >= 4 is 37.6 Å². The summed E-state index contributed by atoms with van der Waals surface area (Å²) in [6.45, 7) is 0. The number of rotatable bonds is 6. The summed E-state index contributed by atoms with van der Waals surface area (Å²) in [7, 11) is -2.18. The van der Waals surface area contributed by atoms with Gasteiger partial charge in [-0.2, -0.15) is 5.10 Å². The molecule has 0 spiro atoms. The fourth-order valence-corrected chi connectivity index (χ4v) is 4.50. The molecule has 0 radical (unpaired) electrons. The SMILES string of the molecule is Cn1ncc(Cl)c1S(=O)(=O)NC(CBr)Cc1ccccc1. The molecule has 0 aliphatic carbocycles. The normalized spacial score (nSPS) is 13.3. The molecule has 5 nitrogen and oxygen atoms in total. The Morgan fingerprint density at radius 2 is 2.05 bits per heavy atom. The maximum Gasteiger partial charge on any atom is 0.259 e. The molecular formula is C13H15BrClN3O2S. The molecule has 1 aromatic heterocycles. The Kier molecular flexibility index (Phi) is 5.43. The standard InChI is InChI=1S/C13H15BrClN3O2S/c1-18-13(12(15)9-16-18)21(19,20)17-11(8-14)7-10-5-3-2-4-6-10/h2-6,9,11,17H,7-8H2,1H3. The number of benzene rings is 1. The van der Waals surface area contributed by atoms with Crippen molar-refractivity contribution in [2.45, 2.75) is 17.5 Å². The summed E-state index contributed by atoms with van der Waals surface area (Å²) in [6, 6.07) is 9.41. The van der Waals surface area contributed by atoms with Crippen molar-refractivity contribution in [1.82, 2.24) is 14.5 Å². The van der Waals surface area contributed by atoms with E-state index in [9.17, 15) is 8.42 Å². The van der Waals surface area contributed by atoms with Crippen LogP contribution in [0.3, 0.4) is 0 Å². The van der Waals surface area contributed by atoms with Crippen molar-refractivity contribution in [3.05, 3.63) is 47.1 Å². The minimum Gasteiger partial charge on any atom is -0.255 e.